The lowest BCUT2D eigenvalue weighted by molar-refractivity contribution is -0.144. The van der Waals surface area contributed by atoms with Gasteiger partial charge in [-0.3, -0.25) is 0 Å². The van der Waals surface area contributed by atoms with Crippen LogP contribution in [-0.2, 0) is 9.53 Å². The first-order valence-electron chi connectivity index (χ1n) is 3.62. The normalized spacial score (nSPS) is 12.3. The van der Waals surface area contributed by atoms with Gasteiger partial charge >= 0.3 is 5.97 Å². The Kier molecular flexibility index (Phi) is 4.54. The summed E-state index contributed by atoms with van der Waals surface area (Å²) in [4.78, 5) is 11.1. The Morgan fingerprint density at radius 1 is 1.73 bits per heavy atom. The van der Waals surface area contributed by atoms with Crippen LogP contribution in [0.3, 0.4) is 0 Å². The fourth-order valence-corrected chi connectivity index (χ4v) is 0.791. The van der Waals surface area contributed by atoms with Gasteiger partial charge in [0.1, 0.15) is 6.04 Å². The van der Waals surface area contributed by atoms with E-state index in [1.165, 1.54) is 0 Å². The van der Waals surface area contributed by atoms with Crippen LogP contribution in [0.1, 0.15) is 13.8 Å². The van der Waals surface area contributed by atoms with Crippen molar-refractivity contribution < 1.29 is 9.53 Å². The summed E-state index contributed by atoms with van der Waals surface area (Å²) < 4.78 is 4.79. The highest BCUT2D eigenvalue weighted by molar-refractivity contribution is 5.79. The molecule has 0 amide bonds. The standard InChI is InChI=1S/C8H15NO2/c1-5-11-8(10)7(9-4)6(2)3/h7,9H,2,5H2,1,3-4H3. The molecule has 1 N–H and O–H groups in total. The third-order valence-electron chi connectivity index (χ3n) is 1.30. The molecule has 11 heavy (non-hydrogen) atoms. The average Bonchev–Trinajstić information content (AvgIpc) is 1.88. The van der Waals surface area contributed by atoms with Crippen molar-refractivity contribution in [2.75, 3.05) is 13.7 Å². The van der Waals surface area contributed by atoms with Crippen molar-refractivity contribution in [1.82, 2.24) is 5.32 Å². The number of nitrogens with one attached hydrogen (secondary N) is 1. The molecule has 0 radical (unpaired) electrons. The molecule has 0 aromatic rings. The molecular formula is C8H15NO2. The van der Waals surface area contributed by atoms with Crippen LogP contribution in [0.5, 0.6) is 0 Å². The molecule has 3 nitrogen and oxygen atoms in total. The van der Waals surface area contributed by atoms with E-state index in [2.05, 4.69) is 11.9 Å². The first-order valence-corrected chi connectivity index (χ1v) is 3.62. The zero-order chi connectivity index (χ0) is 8.85. The Labute approximate surface area is 67.4 Å². The molecule has 1 atom stereocenters. The molecule has 0 bridgehead atoms. The number of carbonyl (C=O) groups is 1. The predicted molar refractivity (Wildman–Crippen MR) is 44.3 cm³/mol. The third-order valence-corrected chi connectivity index (χ3v) is 1.30. The van der Waals surface area contributed by atoms with E-state index in [9.17, 15) is 4.79 Å². The third kappa shape index (κ3) is 3.18. The van der Waals surface area contributed by atoms with Crippen molar-refractivity contribution in [3.05, 3.63) is 12.2 Å². The van der Waals surface area contributed by atoms with Crippen molar-refractivity contribution >= 4 is 5.97 Å². The maximum Gasteiger partial charge on any atom is 0.327 e. The minimum Gasteiger partial charge on any atom is -0.465 e. The van der Waals surface area contributed by atoms with E-state index < -0.39 is 0 Å². The first-order chi connectivity index (χ1) is 5.13. The predicted octanol–water partition coefficient (Wildman–Crippen LogP) is 0.714. The highest BCUT2D eigenvalue weighted by Gasteiger charge is 2.17. The van der Waals surface area contributed by atoms with E-state index in [0.717, 1.165) is 5.57 Å². The van der Waals surface area contributed by atoms with Gasteiger partial charge in [-0.15, -0.1) is 0 Å². The number of esters is 1. The van der Waals surface area contributed by atoms with E-state index in [4.69, 9.17) is 4.74 Å². The summed E-state index contributed by atoms with van der Waals surface area (Å²) in [5.41, 5.74) is 0.769. The van der Waals surface area contributed by atoms with E-state index >= 15 is 0 Å². The minimum atomic E-state index is -0.366. The molecule has 0 aromatic heterocycles. The quantitative estimate of drug-likeness (QED) is 0.482. The Balaban J connectivity index is 4.03. The lowest BCUT2D eigenvalue weighted by Gasteiger charge is -2.13. The molecule has 0 spiro atoms. The van der Waals surface area contributed by atoms with Crippen molar-refractivity contribution in [3.8, 4) is 0 Å². The maximum absolute atomic E-state index is 11.1. The van der Waals surface area contributed by atoms with Crippen LogP contribution in [0, 0.1) is 0 Å². The average molecular weight is 157 g/mol. The van der Waals surface area contributed by atoms with Crippen LogP contribution < -0.4 is 5.32 Å². The van der Waals surface area contributed by atoms with Gasteiger partial charge in [0, 0.05) is 0 Å². The summed E-state index contributed by atoms with van der Waals surface area (Å²) in [5, 5.41) is 2.81. The second kappa shape index (κ2) is 4.91. The lowest BCUT2D eigenvalue weighted by Crippen LogP contribution is -2.36. The molecular weight excluding hydrogens is 142 g/mol. The molecule has 3 heteroatoms. The number of ether oxygens (including phenoxy) is 1. The van der Waals surface area contributed by atoms with Gasteiger partial charge in [0.05, 0.1) is 6.61 Å². The van der Waals surface area contributed by atoms with Gasteiger partial charge in [0.2, 0.25) is 0 Å². The van der Waals surface area contributed by atoms with Crippen LogP contribution >= 0.6 is 0 Å². The van der Waals surface area contributed by atoms with E-state index in [-0.39, 0.29) is 12.0 Å². The van der Waals surface area contributed by atoms with Gasteiger partial charge in [0.25, 0.3) is 0 Å². The lowest BCUT2D eigenvalue weighted by atomic mass is 10.1. The van der Waals surface area contributed by atoms with Gasteiger partial charge in [-0.2, -0.15) is 0 Å². The van der Waals surface area contributed by atoms with Gasteiger partial charge in [-0.25, -0.2) is 4.79 Å². The number of carbonyl (C=O) groups excluding carboxylic acids is 1. The summed E-state index contributed by atoms with van der Waals surface area (Å²) in [5.74, 6) is -0.262. The van der Waals surface area contributed by atoms with Crippen LogP contribution in [0.4, 0.5) is 0 Å². The van der Waals surface area contributed by atoms with Crippen molar-refractivity contribution in [2.24, 2.45) is 0 Å². The SMILES string of the molecule is C=C(C)C(NC)C(=O)OCC. The topological polar surface area (TPSA) is 38.3 Å². The molecule has 0 aliphatic heterocycles. The molecule has 0 rings (SSSR count). The van der Waals surface area contributed by atoms with E-state index in [1.54, 1.807) is 20.9 Å². The second-order valence-electron chi connectivity index (χ2n) is 2.32. The summed E-state index contributed by atoms with van der Waals surface area (Å²) in [6.07, 6.45) is 0. The van der Waals surface area contributed by atoms with Crippen LogP contribution in [0.15, 0.2) is 12.2 Å². The summed E-state index contributed by atoms with van der Waals surface area (Å²) in [6, 6.07) is -0.366. The van der Waals surface area contributed by atoms with Crippen molar-refractivity contribution in [1.29, 1.82) is 0 Å². The van der Waals surface area contributed by atoms with E-state index in [0.29, 0.717) is 6.61 Å². The monoisotopic (exact) mass is 157 g/mol. The first kappa shape index (κ1) is 10.2. The summed E-state index contributed by atoms with van der Waals surface area (Å²) >= 11 is 0. The molecule has 0 aliphatic carbocycles. The Bertz CT molecular complexity index is 154. The number of hydrogen-bond acceptors (Lipinski definition) is 3. The molecule has 0 aliphatic rings. The molecule has 0 saturated heterocycles. The van der Waals surface area contributed by atoms with Gasteiger partial charge in [-0.05, 0) is 20.9 Å². The molecule has 64 valence electrons. The molecule has 0 fully saturated rings. The van der Waals surface area contributed by atoms with Crippen LogP contribution in [0.2, 0.25) is 0 Å². The number of rotatable bonds is 4. The van der Waals surface area contributed by atoms with Gasteiger partial charge < -0.3 is 10.1 Å². The van der Waals surface area contributed by atoms with Gasteiger partial charge in [0.15, 0.2) is 0 Å². The fourth-order valence-electron chi connectivity index (χ4n) is 0.791. The van der Waals surface area contributed by atoms with Gasteiger partial charge in [-0.1, -0.05) is 12.2 Å². The zero-order valence-corrected chi connectivity index (χ0v) is 7.31. The molecule has 0 heterocycles. The molecule has 0 saturated carbocycles. The Morgan fingerprint density at radius 2 is 2.27 bits per heavy atom. The van der Waals surface area contributed by atoms with Crippen molar-refractivity contribution in [3.63, 3.8) is 0 Å². The summed E-state index contributed by atoms with van der Waals surface area (Å²) in [7, 11) is 1.70. The van der Waals surface area contributed by atoms with Crippen LogP contribution in [-0.4, -0.2) is 25.7 Å². The molecule has 1 unspecified atom stereocenters. The zero-order valence-electron chi connectivity index (χ0n) is 7.31. The minimum absolute atomic E-state index is 0.262. The number of hydrogen-bond donors (Lipinski definition) is 1. The highest BCUT2D eigenvalue weighted by atomic mass is 16.5. The maximum atomic E-state index is 11.1. The Hall–Kier alpha value is -0.830. The summed E-state index contributed by atoms with van der Waals surface area (Å²) in [6.45, 7) is 7.64. The largest absolute Gasteiger partial charge is 0.465 e. The van der Waals surface area contributed by atoms with Crippen molar-refractivity contribution in [2.45, 2.75) is 19.9 Å². The number of likely N-dealkylation sites (N-methyl/N-ethyl adjacent to an activating group) is 1. The molecule has 0 aromatic carbocycles. The fraction of sp³-hybridized carbons (Fsp3) is 0.625. The Morgan fingerprint density at radius 3 is 2.55 bits per heavy atom. The highest BCUT2D eigenvalue weighted by Crippen LogP contribution is 1.99. The second-order valence-corrected chi connectivity index (χ2v) is 2.32. The van der Waals surface area contributed by atoms with Crippen LogP contribution in [0.25, 0.3) is 0 Å². The van der Waals surface area contributed by atoms with E-state index in [1.807, 2.05) is 0 Å². The smallest absolute Gasteiger partial charge is 0.327 e.